The lowest BCUT2D eigenvalue weighted by Crippen LogP contribution is -2.68. The summed E-state index contributed by atoms with van der Waals surface area (Å²) in [5, 5.41) is 122. The lowest BCUT2D eigenvalue weighted by atomic mass is 9.41. The molecular weight excluding hydrogens is 1200 g/mol. The SMILES string of the molecule is C=C(C)CCC[C@]1(C)OC(=O)[C@]23CC=C4[C@@H](CC[C@H]5C(C)(C)[C@@H](O[C@@H]6OC[C@@H](OS(=O)(=O)O)[C@H](O)[C@H]6O[C@@H]6O[C@H](C)[C@H](O[C@@H]7O[C@H](CO)[C@@H](O)[C@H](O[C@@H]8O[C@H](CO)[C@@H](O)[C@H](OC)[C@H]8O)[C@H]7O)[C@H](O)[C@H]6O[C@@H]6OC[C@@H](O)[C@H](O)[C@H]6O)CC[C@]45C)[C@]2(C)CC(=O)[C@@H]31. The predicted octanol–water partition coefficient (Wildman–Crippen LogP) is -1.92. The van der Waals surface area contributed by atoms with Crippen molar-refractivity contribution in [1.29, 1.82) is 0 Å². The zero-order valence-corrected chi connectivity index (χ0v) is 52.1. The van der Waals surface area contributed by atoms with E-state index in [1.165, 1.54) is 12.5 Å². The van der Waals surface area contributed by atoms with E-state index < -0.39 is 217 Å². The van der Waals surface area contributed by atoms with E-state index in [1.807, 2.05) is 27.7 Å². The molecule has 6 saturated heterocycles. The number of ketones is 1. The molecule has 89 heavy (non-hydrogen) atoms. The van der Waals surface area contributed by atoms with E-state index in [2.05, 4.69) is 26.5 Å². The Morgan fingerprint density at radius 3 is 1.91 bits per heavy atom. The number of ether oxygens (including phenoxy) is 12. The van der Waals surface area contributed by atoms with Gasteiger partial charge in [0.25, 0.3) is 0 Å². The molecule has 0 unspecified atom stereocenters. The second-order valence-electron chi connectivity index (χ2n) is 27.6. The third-order valence-corrected chi connectivity index (χ3v) is 22.3. The maximum atomic E-state index is 14.5. The molecule has 6 aliphatic heterocycles. The number of methoxy groups -OCH3 is 1. The Labute approximate surface area is 516 Å². The van der Waals surface area contributed by atoms with Crippen molar-refractivity contribution in [2.45, 2.75) is 259 Å². The first-order valence-electron chi connectivity index (χ1n) is 30.8. The van der Waals surface area contributed by atoms with E-state index in [4.69, 9.17) is 61.0 Å². The summed E-state index contributed by atoms with van der Waals surface area (Å²) in [6.45, 7) is 14.7. The molecule has 10 rings (SSSR count). The number of carbonyl (C=O) groups is 2. The van der Waals surface area contributed by atoms with E-state index in [-0.39, 0.29) is 30.0 Å². The molecule has 12 N–H and O–H groups in total. The largest absolute Gasteiger partial charge is 0.458 e. The van der Waals surface area contributed by atoms with E-state index in [0.29, 0.717) is 38.5 Å². The second-order valence-corrected chi connectivity index (χ2v) is 28.7. The van der Waals surface area contributed by atoms with Gasteiger partial charge in [-0.2, -0.15) is 8.42 Å². The highest BCUT2D eigenvalue weighted by atomic mass is 32.3. The third-order valence-electron chi connectivity index (χ3n) is 21.8. The molecule has 30 heteroatoms. The highest BCUT2D eigenvalue weighted by Crippen LogP contribution is 2.75. The monoisotopic (exact) mass is 1300 g/mol. The van der Waals surface area contributed by atoms with Crippen LogP contribution in [-0.2, 0) is 81.0 Å². The van der Waals surface area contributed by atoms with E-state index in [0.717, 1.165) is 25.5 Å². The summed E-state index contributed by atoms with van der Waals surface area (Å²) in [6.07, 6.45) is -34.4. The number of Topliss-reactive ketones (excluding diaryl/α,β-unsaturated/α-hetero) is 1. The molecule has 31 atom stereocenters. The number of hydrogen-bond acceptors (Lipinski definition) is 28. The van der Waals surface area contributed by atoms with Gasteiger partial charge in [-0.25, -0.2) is 4.18 Å². The van der Waals surface area contributed by atoms with Crippen molar-refractivity contribution >= 4 is 22.2 Å². The van der Waals surface area contributed by atoms with Crippen LogP contribution in [0.5, 0.6) is 0 Å². The molecule has 1 spiro atoms. The predicted molar refractivity (Wildman–Crippen MR) is 298 cm³/mol. The second kappa shape index (κ2) is 26.0. The number of aliphatic hydroxyl groups excluding tert-OH is 11. The van der Waals surface area contributed by atoms with Crippen molar-refractivity contribution in [3.05, 3.63) is 23.8 Å². The molecular formula is C59H92O29S. The Morgan fingerprint density at radius 1 is 0.685 bits per heavy atom. The molecule has 6 heterocycles. The van der Waals surface area contributed by atoms with E-state index >= 15 is 0 Å². The van der Waals surface area contributed by atoms with E-state index in [1.54, 1.807) is 0 Å². The van der Waals surface area contributed by atoms with Gasteiger partial charge >= 0.3 is 16.4 Å². The van der Waals surface area contributed by atoms with Crippen LogP contribution in [0.25, 0.3) is 0 Å². The molecule has 508 valence electrons. The quantitative estimate of drug-likeness (QED) is 0.0290. The minimum absolute atomic E-state index is 0.0445. The van der Waals surface area contributed by atoms with Crippen molar-refractivity contribution in [3.63, 3.8) is 0 Å². The maximum Gasteiger partial charge on any atom is 0.397 e. The molecule has 0 amide bonds. The molecule has 4 aliphatic carbocycles. The van der Waals surface area contributed by atoms with Crippen LogP contribution in [0.4, 0.5) is 0 Å². The lowest BCUT2D eigenvalue weighted by molar-refractivity contribution is -0.403. The fourth-order valence-electron chi connectivity index (χ4n) is 17.2. The number of rotatable bonds is 19. The van der Waals surface area contributed by atoms with Crippen LogP contribution in [0.15, 0.2) is 23.8 Å². The summed E-state index contributed by atoms with van der Waals surface area (Å²) in [7, 11) is -4.11. The zero-order valence-electron chi connectivity index (χ0n) is 51.3. The minimum Gasteiger partial charge on any atom is -0.458 e. The molecule has 0 aromatic heterocycles. The van der Waals surface area contributed by atoms with Crippen LogP contribution in [0.1, 0.15) is 106 Å². The van der Waals surface area contributed by atoms with Crippen LogP contribution in [0.3, 0.4) is 0 Å². The summed E-state index contributed by atoms with van der Waals surface area (Å²) in [5.74, 6) is -1.06. The summed E-state index contributed by atoms with van der Waals surface area (Å²) in [6, 6.07) is 0. The average molecular weight is 1300 g/mol. The molecule has 0 radical (unpaired) electrons. The third kappa shape index (κ3) is 12.2. The molecule has 0 bridgehead atoms. The fraction of sp³-hybridized carbons (Fsp3) is 0.898. The fourth-order valence-corrected chi connectivity index (χ4v) is 17.7. The standard InChI is InChI=1S/C59H92O29S/c1-24(2)11-10-16-58(8)48-28(62)19-57(7)27-12-13-33-55(4,5)34(15-17-56(33,6)26(27)14-18-59(48,57)54(72)87-58)82-52-46(38(67)32(23-78-52)88-89(73,74)75)86-53-47(85-49-39(68)35(64)29(63)22-77-49)40(69)43(25(3)79-53)83-51-42(71)45(37(66)31(21-61)81-51)84-50-41(70)44(76-9)36(65)30(20-60)80-50/h14,25,27,29-53,60-61,63-71H,1,10-13,15-23H2,2-9H3,(H,73,74,75)/t25-,27-,29-,30-,31-,32-,33+,34+,35+,36-,37-,38+,39-,40+,41-,42-,43+,44+,45+,46-,47-,48-,49+,50+,51+,52+,53+,56-,57+,58+,59-/m1/s1. The average Bonchev–Trinajstić information content (AvgIpc) is 1.53. The van der Waals surface area contributed by atoms with Gasteiger partial charge in [0.1, 0.15) is 115 Å². The number of cyclic esters (lactones) is 1. The Bertz CT molecular complexity index is 2700. The highest BCUT2D eigenvalue weighted by molar-refractivity contribution is 7.80. The van der Waals surface area contributed by atoms with Crippen molar-refractivity contribution < 1.29 is 140 Å². The van der Waals surface area contributed by atoms with E-state index in [9.17, 15) is 78.7 Å². The van der Waals surface area contributed by atoms with Crippen LogP contribution in [0, 0.1) is 39.4 Å². The molecule has 0 aromatic rings. The number of allylic oxidation sites excluding steroid dienone is 3. The highest BCUT2D eigenvalue weighted by Gasteiger charge is 2.79. The van der Waals surface area contributed by atoms with Crippen LogP contribution in [-0.4, -0.2) is 267 Å². The smallest absolute Gasteiger partial charge is 0.397 e. The van der Waals surface area contributed by atoms with Gasteiger partial charge in [-0.1, -0.05) is 44.9 Å². The van der Waals surface area contributed by atoms with Crippen LogP contribution >= 0.6 is 0 Å². The summed E-state index contributed by atoms with van der Waals surface area (Å²) >= 11 is 0. The topological polar surface area (TPSA) is 431 Å². The minimum atomic E-state index is -5.27. The maximum absolute atomic E-state index is 14.5. The van der Waals surface area contributed by atoms with Gasteiger partial charge in [0.2, 0.25) is 0 Å². The van der Waals surface area contributed by atoms with Gasteiger partial charge < -0.3 is 113 Å². The number of carbonyl (C=O) groups excluding carboxylic acids is 2. The van der Waals surface area contributed by atoms with Crippen molar-refractivity contribution in [3.8, 4) is 0 Å². The molecule has 0 aromatic carbocycles. The first-order chi connectivity index (χ1) is 41.7. The summed E-state index contributed by atoms with van der Waals surface area (Å²) in [4.78, 5) is 28.9. The van der Waals surface area contributed by atoms with Crippen molar-refractivity contribution in [2.24, 2.45) is 39.4 Å². The van der Waals surface area contributed by atoms with Gasteiger partial charge in [0.05, 0.1) is 50.0 Å². The lowest BCUT2D eigenvalue weighted by Gasteiger charge is -2.63. The van der Waals surface area contributed by atoms with Crippen LogP contribution < -0.4 is 0 Å². The van der Waals surface area contributed by atoms with Gasteiger partial charge in [-0.05, 0) is 100 Å². The Hall–Kier alpha value is -2.39. The number of esters is 1. The molecule has 10 aliphatic rings. The normalized spacial score (nSPS) is 50.7. The van der Waals surface area contributed by atoms with Gasteiger partial charge in [0, 0.05) is 13.5 Å². The molecule has 29 nitrogen and oxygen atoms in total. The van der Waals surface area contributed by atoms with Crippen molar-refractivity contribution in [2.75, 3.05) is 33.5 Å². The molecule has 3 saturated carbocycles. The first-order valence-corrected chi connectivity index (χ1v) is 32.2. The van der Waals surface area contributed by atoms with Crippen molar-refractivity contribution in [1.82, 2.24) is 0 Å². The number of aliphatic hydroxyl groups is 11. The first kappa shape index (κ1) is 69.4. The van der Waals surface area contributed by atoms with Gasteiger partial charge in [-0.15, -0.1) is 6.58 Å². The number of hydrogen-bond donors (Lipinski definition) is 12. The Balaban J connectivity index is 0.906. The number of fused-ring (bicyclic) bond motifs is 4. The van der Waals surface area contributed by atoms with Gasteiger partial charge in [-0.3, -0.25) is 14.1 Å². The Kier molecular flexibility index (Phi) is 20.3. The Morgan fingerprint density at radius 2 is 1.28 bits per heavy atom. The summed E-state index contributed by atoms with van der Waals surface area (Å²) < 4.78 is 112. The summed E-state index contributed by atoms with van der Waals surface area (Å²) in [5.41, 5.74) is -1.66. The van der Waals surface area contributed by atoms with Gasteiger partial charge in [0.15, 0.2) is 31.5 Å². The van der Waals surface area contributed by atoms with Crippen LogP contribution in [0.2, 0.25) is 0 Å². The molecule has 9 fully saturated rings. The zero-order chi connectivity index (χ0) is 65.0.